The van der Waals surface area contributed by atoms with Gasteiger partial charge in [-0.15, -0.1) is 35.3 Å². The normalized spacial score (nSPS) is 18.4. The highest BCUT2D eigenvalue weighted by Crippen LogP contribution is 2.21. The average Bonchev–Trinajstić information content (AvgIpc) is 3.13. The Bertz CT molecular complexity index is 589. The zero-order valence-electron chi connectivity index (χ0n) is 18.3. The Balaban J connectivity index is 0.00000392. The molecule has 1 N–H and O–H groups in total. The lowest BCUT2D eigenvalue weighted by Gasteiger charge is -2.34. The Kier molecular flexibility index (Phi) is 11.9. The highest BCUT2D eigenvalue weighted by atomic mass is 127. The number of rotatable bonds is 8. The standard InChI is InChI=1S/C20H37N5OS.HI/c1-7-21-20(22-12-16(3)25-10-8-15(2)9-11-25)24(5)13-18-14-27-19(23-18)17(4)26-6;/h14-17H,7-13H2,1-6H3,(H,21,22);1H. The predicted molar refractivity (Wildman–Crippen MR) is 130 cm³/mol. The molecule has 0 aliphatic carbocycles. The zero-order chi connectivity index (χ0) is 19.8. The molecule has 1 aliphatic heterocycles. The summed E-state index contributed by atoms with van der Waals surface area (Å²) in [6.45, 7) is 13.6. The molecule has 2 unspecified atom stereocenters. The van der Waals surface area contributed by atoms with Gasteiger partial charge in [-0.2, -0.15) is 0 Å². The van der Waals surface area contributed by atoms with Crippen LogP contribution in [-0.4, -0.2) is 67.1 Å². The van der Waals surface area contributed by atoms with Gasteiger partial charge in [-0.25, -0.2) is 4.98 Å². The van der Waals surface area contributed by atoms with Crippen LogP contribution >= 0.6 is 35.3 Å². The molecule has 0 bridgehead atoms. The quantitative estimate of drug-likeness (QED) is 0.318. The minimum atomic E-state index is 0. The topological polar surface area (TPSA) is 53.0 Å². The monoisotopic (exact) mass is 523 g/mol. The van der Waals surface area contributed by atoms with Gasteiger partial charge in [0.25, 0.3) is 0 Å². The van der Waals surface area contributed by atoms with Crippen molar-refractivity contribution in [3.8, 4) is 0 Å². The Hall–Kier alpha value is -0.450. The molecular weight excluding hydrogens is 485 g/mol. The molecule has 1 aromatic rings. The van der Waals surface area contributed by atoms with Gasteiger partial charge >= 0.3 is 0 Å². The van der Waals surface area contributed by atoms with Crippen molar-refractivity contribution in [1.82, 2.24) is 20.1 Å². The van der Waals surface area contributed by atoms with E-state index in [1.54, 1.807) is 18.4 Å². The highest BCUT2D eigenvalue weighted by Gasteiger charge is 2.20. The van der Waals surface area contributed by atoms with Gasteiger partial charge in [-0.1, -0.05) is 6.92 Å². The van der Waals surface area contributed by atoms with Crippen molar-refractivity contribution in [1.29, 1.82) is 0 Å². The number of halogens is 1. The molecule has 2 atom stereocenters. The van der Waals surface area contributed by atoms with Gasteiger partial charge in [0, 0.05) is 32.1 Å². The number of guanidine groups is 1. The van der Waals surface area contributed by atoms with Crippen molar-refractivity contribution < 1.29 is 4.74 Å². The molecule has 0 amide bonds. The second-order valence-electron chi connectivity index (χ2n) is 7.67. The fourth-order valence-electron chi connectivity index (χ4n) is 3.27. The number of hydrogen-bond acceptors (Lipinski definition) is 5. The summed E-state index contributed by atoms with van der Waals surface area (Å²) in [5.41, 5.74) is 1.06. The van der Waals surface area contributed by atoms with Crippen molar-refractivity contribution >= 4 is 41.3 Å². The summed E-state index contributed by atoms with van der Waals surface area (Å²) in [5.74, 6) is 1.81. The van der Waals surface area contributed by atoms with Crippen LogP contribution in [0.1, 0.15) is 57.3 Å². The molecule has 1 aromatic heterocycles. The van der Waals surface area contributed by atoms with Crippen LogP contribution in [0.3, 0.4) is 0 Å². The van der Waals surface area contributed by atoms with Crippen LogP contribution in [0.5, 0.6) is 0 Å². The van der Waals surface area contributed by atoms with Crippen LogP contribution in [-0.2, 0) is 11.3 Å². The minimum Gasteiger partial charge on any atom is -0.375 e. The molecule has 162 valence electrons. The first-order chi connectivity index (χ1) is 12.9. The van der Waals surface area contributed by atoms with Crippen molar-refractivity contribution in [2.45, 2.75) is 59.2 Å². The third-order valence-electron chi connectivity index (χ3n) is 5.31. The summed E-state index contributed by atoms with van der Waals surface area (Å²) < 4.78 is 5.36. The fraction of sp³-hybridized carbons (Fsp3) is 0.800. The summed E-state index contributed by atoms with van der Waals surface area (Å²) in [6, 6.07) is 0.480. The van der Waals surface area contributed by atoms with E-state index in [0.29, 0.717) is 6.04 Å². The van der Waals surface area contributed by atoms with Gasteiger partial charge in [0.15, 0.2) is 5.96 Å². The number of likely N-dealkylation sites (tertiary alicyclic amines) is 1. The molecular formula is C20H38IN5OS. The smallest absolute Gasteiger partial charge is 0.194 e. The number of thiazole rings is 1. The largest absolute Gasteiger partial charge is 0.375 e. The van der Waals surface area contributed by atoms with Gasteiger partial charge in [-0.05, 0) is 52.6 Å². The number of methoxy groups -OCH3 is 1. The molecule has 0 radical (unpaired) electrons. The molecule has 28 heavy (non-hydrogen) atoms. The molecule has 2 heterocycles. The number of piperidine rings is 1. The molecule has 2 rings (SSSR count). The van der Waals surface area contributed by atoms with Gasteiger partial charge in [0.05, 0.1) is 18.8 Å². The minimum absolute atomic E-state index is 0. The molecule has 0 saturated carbocycles. The van der Waals surface area contributed by atoms with Crippen molar-refractivity contribution in [3.63, 3.8) is 0 Å². The predicted octanol–water partition coefficient (Wildman–Crippen LogP) is 3.99. The second-order valence-corrected chi connectivity index (χ2v) is 8.56. The number of aromatic nitrogens is 1. The molecule has 6 nitrogen and oxygen atoms in total. The fourth-order valence-corrected chi connectivity index (χ4v) is 4.12. The van der Waals surface area contributed by atoms with Crippen LogP contribution in [0.15, 0.2) is 10.4 Å². The van der Waals surface area contributed by atoms with Crippen molar-refractivity contribution in [3.05, 3.63) is 16.1 Å². The Morgan fingerprint density at radius 2 is 2.11 bits per heavy atom. The number of nitrogens with one attached hydrogen (secondary N) is 1. The van der Waals surface area contributed by atoms with Crippen LogP contribution in [0, 0.1) is 5.92 Å². The number of ether oxygens (including phenoxy) is 1. The molecule has 1 aliphatic rings. The van der Waals surface area contributed by atoms with E-state index in [2.05, 4.69) is 48.3 Å². The van der Waals surface area contributed by atoms with Crippen LogP contribution in [0.2, 0.25) is 0 Å². The molecule has 1 fully saturated rings. The summed E-state index contributed by atoms with van der Waals surface area (Å²) in [7, 11) is 3.80. The SMILES string of the molecule is CCNC(=NCC(C)N1CCC(C)CC1)N(C)Cc1csc(C(C)OC)n1.I. The van der Waals surface area contributed by atoms with Crippen LogP contribution < -0.4 is 5.32 Å². The Labute approximate surface area is 192 Å². The van der Waals surface area contributed by atoms with Gasteiger partial charge in [0.1, 0.15) is 11.1 Å². The van der Waals surface area contributed by atoms with E-state index >= 15 is 0 Å². The molecule has 0 spiro atoms. The maximum atomic E-state index is 5.36. The molecule has 1 saturated heterocycles. The maximum Gasteiger partial charge on any atom is 0.194 e. The van der Waals surface area contributed by atoms with Gasteiger partial charge < -0.3 is 15.0 Å². The van der Waals surface area contributed by atoms with Crippen molar-refractivity contribution in [2.75, 3.05) is 40.3 Å². The first kappa shape index (κ1) is 25.6. The zero-order valence-corrected chi connectivity index (χ0v) is 21.4. The lowest BCUT2D eigenvalue weighted by Crippen LogP contribution is -2.43. The van der Waals surface area contributed by atoms with E-state index in [-0.39, 0.29) is 30.1 Å². The van der Waals surface area contributed by atoms with E-state index in [9.17, 15) is 0 Å². The van der Waals surface area contributed by atoms with E-state index < -0.39 is 0 Å². The van der Waals surface area contributed by atoms with Gasteiger partial charge in [-0.3, -0.25) is 9.89 Å². The second kappa shape index (κ2) is 13.0. The lowest BCUT2D eigenvalue weighted by molar-refractivity contribution is 0.119. The van der Waals surface area contributed by atoms with Crippen molar-refractivity contribution in [2.24, 2.45) is 10.9 Å². The average molecular weight is 524 g/mol. The third kappa shape index (κ3) is 7.76. The summed E-state index contributed by atoms with van der Waals surface area (Å²) in [4.78, 5) is 14.3. The number of hydrogen-bond donors (Lipinski definition) is 1. The summed E-state index contributed by atoms with van der Waals surface area (Å²) in [5, 5.41) is 6.55. The van der Waals surface area contributed by atoms with E-state index in [0.717, 1.165) is 42.2 Å². The third-order valence-corrected chi connectivity index (χ3v) is 6.37. The number of nitrogens with zero attached hydrogens (tertiary/aromatic N) is 4. The van der Waals surface area contributed by atoms with E-state index in [4.69, 9.17) is 14.7 Å². The van der Waals surface area contributed by atoms with E-state index in [1.807, 2.05) is 6.92 Å². The van der Waals surface area contributed by atoms with Crippen LogP contribution in [0.4, 0.5) is 0 Å². The molecule has 8 heteroatoms. The van der Waals surface area contributed by atoms with E-state index in [1.165, 1.54) is 25.9 Å². The summed E-state index contributed by atoms with van der Waals surface area (Å²) >= 11 is 1.66. The Morgan fingerprint density at radius 3 is 2.71 bits per heavy atom. The molecule has 0 aromatic carbocycles. The highest BCUT2D eigenvalue weighted by molar-refractivity contribution is 14.0. The lowest BCUT2D eigenvalue weighted by atomic mass is 9.98. The van der Waals surface area contributed by atoms with Crippen LogP contribution in [0.25, 0.3) is 0 Å². The van der Waals surface area contributed by atoms with Gasteiger partial charge in [0.2, 0.25) is 0 Å². The summed E-state index contributed by atoms with van der Waals surface area (Å²) in [6.07, 6.45) is 2.66. The number of aliphatic imine (C=N–C) groups is 1. The maximum absolute atomic E-state index is 5.36. The first-order valence-electron chi connectivity index (χ1n) is 10.1. The first-order valence-corrected chi connectivity index (χ1v) is 11.0. The Morgan fingerprint density at radius 1 is 1.43 bits per heavy atom.